The van der Waals surface area contributed by atoms with E-state index in [1.165, 1.54) is 9.75 Å². The van der Waals surface area contributed by atoms with Crippen LogP contribution in [0.5, 0.6) is 0 Å². The van der Waals surface area contributed by atoms with Crippen molar-refractivity contribution in [2.75, 3.05) is 11.6 Å². The number of thiophene rings is 1. The van der Waals surface area contributed by atoms with Crippen molar-refractivity contribution in [3.05, 3.63) is 21.9 Å². The summed E-state index contributed by atoms with van der Waals surface area (Å²) in [6, 6.07) is 4.14. The number of rotatable bonds is 3. The third kappa shape index (κ3) is 3.66. The average Bonchev–Trinajstić information content (AvgIpc) is 2.84. The molecule has 0 aromatic carbocycles. The lowest BCUT2D eigenvalue weighted by molar-refractivity contribution is -0.122. The largest absolute Gasteiger partial charge is 0.350 e. The smallest absolute Gasteiger partial charge is 0.238 e. The second-order valence-corrected chi connectivity index (χ2v) is 5.90. The Morgan fingerprint density at radius 2 is 2.44 bits per heavy atom. The van der Waals surface area contributed by atoms with Gasteiger partial charge in [-0.25, -0.2) is 0 Å². The number of aryl methyl sites for hydroxylation is 1. The lowest BCUT2D eigenvalue weighted by Crippen LogP contribution is -2.41. The second-order valence-electron chi connectivity index (χ2n) is 3.50. The van der Waals surface area contributed by atoms with Crippen LogP contribution < -0.4 is 10.6 Å². The maximum absolute atomic E-state index is 11.6. The van der Waals surface area contributed by atoms with Crippen LogP contribution in [0.15, 0.2) is 12.1 Å². The van der Waals surface area contributed by atoms with Crippen LogP contribution in [0, 0.1) is 6.92 Å². The SMILES string of the molecule is Cc1ccc(CNC(=O)C2CSCN2)s1.Cl. The maximum Gasteiger partial charge on any atom is 0.238 e. The number of carbonyl (C=O) groups is 1. The summed E-state index contributed by atoms with van der Waals surface area (Å²) in [7, 11) is 0. The first-order chi connectivity index (χ1) is 7.25. The van der Waals surface area contributed by atoms with Crippen molar-refractivity contribution in [2.45, 2.75) is 19.5 Å². The number of hydrogen-bond acceptors (Lipinski definition) is 4. The Bertz CT molecular complexity index is 350. The molecule has 6 heteroatoms. The van der Waals surface area contributed by atoms with Crippen molar-refractivity contribution in [3.63, 3.8) is 0 Å². The van der Waals surface area contributed by atoms with Crippen LogP contribution in [0.25, 0.3) is 0 Å². The molecule has 16 heavy (non-hydrogen) atoms. The molecule has 0 aliphatic carbocycles. The van der Waals surface area contributed by atoms with Crippen LogP contribution in [-0.4, -0.2) is 23.6 Å². The fourth-order valence-electron chi connectivity index (χ4n) is 1.44. The Hall–Kier alpha value is -0.230. The molecule has 0 saturated carbocycles. The van der Waals surface area contributed by atoms with Crippen LogP contribution >= 0.6 is 35.5 Å². The summed E-state index contributed by atoms with van der Waals surface area (Å²) < 4.78 is 0. The van der Waals surface area contributed by atoms with Crippen LogP contribution in [0.1, 0.15) is 9.75 Å². The molecular weight excluding hydrogens is 264 g/mol. The molecule has 1 aliphatic heterocycles. The standard InChI is InChI=1S/C10H14N2OS2.ClH/c1-7-2-3-8(15-7)4-11-10(13)9-5-14-6-12-9;/h2-3,9,12H,4-6H2,1H3,(H,11,13);1H. The van der Waals surface area contributed by atoms with E-state index in [4.69, 9.17) is 0 Å². The molecule has 0 spiro atoms. The third-order valence-electron chi connectivity index (χ3n) is 2.27. The van der Waals surface area contributed by atoms with Gasteiger partial charge in [-0.05, 0) is 19.1 Å². The fourth-order valence-corrected chi connectivity index (χ4v) is 3.21. The molecule has 2 rings (SSSR count). The highest BCUT2D eigenvalue weighted by Gasteiger charge is 2.21. The van der Waals surface area contributed by atoms with Gasteiger partial charge < -0.3 is 5.32 Å². The molecule has 0 radical (unpaired) electrons. The highest BCUT2D eigenvalue weighted by Crippen LogP contribution is 2.15. The summed E-state index contributed by atoms with van der Waals surface area (Å²) in [5.41, 5.74) is 0. The molecule has 1 atom stereocenters. The van der Waals surface area contributed by atoms with Crippen LogP contribution in [0.4, 0.5) is 0 Å². The highest BCUT2D eigenvalue weighted by atomic mass is 35.5. The van der Waals surface area contributed by atoms with Gasteiger partial charge >= 0.3 is 0 Å². The molecule has 90 valence electrons. The number of halogens is 1. The molecule has 0 bridgehead atoms. The zero-order valence-electron chi connectivity index (χ0n) is 8.99. The van der Waals surface area contributed by atoms with Gasteiger partial charge in [0.1, 0.15) is 0 Å². The predicted molar refractivity (Wildman–Crippen MR) is 72.4 cm³/mol. The maximum atomic E-state index is 11.6. The van der Waals surface area contributed by atoms with Gasteiger partial charge in [-0.1, -0.05) is 0 Å². The molecule has 1 amide bonds. The van der Waals surface area contributed by atoms with Gasteiger partial charge in [0.25, 0.3) is 0 Å². The molecular formula is C10H15ClN2OS2. The summed E-state index contributed by atoms with van der Waals surface area (Å²) in [6.45, 7) is 2.73. The first kappa shape index (κ1) is 13.8. The Kier molecular flexibility index (Phi) is 5.61. The zero-order valence-corrected chi connectivity index (χ0v) is 11.4. The Balaban J connectivity index is 0.00000128. The van der Waals surface area contributed by atoms with E-state index in [1.54, 1.807) is 23.1 Å². The van der Waals surface area contributed by atoms with Crippen molar-refractivity contribution >= 4 is 41.4 Å². The monoisotopic (exact) mass is 278 g/mol. The molecule has 3 nitrogen and oxygen atoms in total. The Morgan fingerprint density at radius 1 is 1.62 bits per heavy atom. The second kappa shape index (κ2) is 6.49. The fraction of sp³-hybridized carbons (Fsp3) is 0.500. The molecule has 1 unspecified atom stereocenters. The van der Waals surface area contributed by atoms with Crippen LogP contribution in [0.2, 0.25) is 0 Å². The minimum absolute atomic E-state index is 0. The summed E-state index contributed by atoms with van der Waals surface area (Å²) >= 11 is 3.50. The molecule has 1 aromatic heterocycles. The van der Waals surface area contributed by atoms with E-state index < -0.39 is 0 Å². The summed E-state index contributed by atoms with van der Waals surface area (Å²) in [4.78, 5) is 14.1. The normalized spacial score (nSPS) is 19.2. The van der Waals surface area contributed by atoms with Crippen LogP contribution in [-0.2, 0) is 11.3 Å². The molecule has 1 fully saturated rings. The van der Waals surface area contributed by atoms with Gasteiger partial charge in [0, 0.05) is 21.4 Å². The van der Waals surface area contributed by atoms with Crippen LogP contribution in [0.3, 0.4) is 0 Å². The number of amides is 1. The van der Waals surface area contributed by atoms with E-state index in [2.05, 4.69) is 29.7 Å². The van der Waals surface area contributed by atoms with Gasteiger partial charge in [-0.15, -0.1) is 35.5 Å². The summed E-state index contributed by atoms with van der Waals surface area (Å²) in [6.07, 6.45) is 0. The Morgan fingerprint density at radius 3 is 3.00 bits per heavy atom. The molecule has 2 N–H and O–H groups in total. The number of hydrogen-bond donors (Lipinski definition) is 2. The minimum Gasteiger partial charge on any atom is -0.350 e. The van der Waals surface area contributed by atoms with Gasteiger partial charge in [-0.2, -0.15) is 0 Å². The Labute approximate surface area is 110 Å². The van der Waals surface area contributed by atoms with Gasteiger partial charge in [0.15, 0.2) is 0 Å². The topological polar surface area (TPSA) is 41.1 Å². The van der Waals surface area contributed by atoms with Gasteiger partial charge in [0.05, 0.1) is 12.6 Å². The van der Waals surface area contributed by atoms with E-state index in [0.717, 1.165) is 11.6 Å². The lowest BCUT2D eigenvalue weighted by Gasteiger charge is -2.09. The van der Waals surface area contributed by atoms with Crippen molar-refractivity contribution < 1.29 is 4.79 Å². The molecule has 1 saturated heterocycles. The van der Waals surface area contributed by atoms with E-state index in [-0.39, 0.29) is 24.4 Å². The van der Waals surface area contributed by atoms with E-state index in [9.17, 15) is 4.79 Å². The van der Waals surface area contributed by atoms with E-state index in [1.807, 2.05) is 0 Å². The first-order valence-corrected chi connectivity index (χ1v) is 6.87. The minimum atomic E-state index is -0.00365. The molecule has 2 heterocycles. The lowest BCUT2D eigenvalue weighted by atomic mass is 10.3. The average molecular weight is 279 g/mol. The van der Waals surface area contributed by atoms with Crippen molar-refractivity contribution in [3.8, 4) is 0 Å². The number of thioether (sulfide) groups is 1. The van der Waals surface area contributed by atoms with Gasteiger partial charge in [-0.3, -0.25) is 10.1 Å². The molecule has 1 aliphatic rings. The van der Waals surface area contributed by atoms with Crippen molar-refractivity contribution in [2.24, 2.45) is 0 Å². The zero-order chi connectivity index (χ0) is 10.7. The quantitative estimate of drug-likeness (QED) is 0.885. The molecule has 1 aromatic rings. The van der Waals surface area contributed by atoms with Crippen molar-refractivity contribution in [1.29, 1.82) is 0 Å². The van der Waals surface area contributed by atoms with Crippen molar-refractivity contribution in [1.82, 2.24) is 10.6 Å². The predicted octanol–water partition coefficient (Wildman–Crippen LogP) is 1.76. The number of nitrogens with one attached hydrogen (secondary N) is 2. The summed E-state index contributed by atoms with van der Waals surface area (Å²) in [5, 5.41) is 6.10. The highest BCUT2D eigenvalue weighted by molar-refractivity contribution is 7.99. The van der Waals surface area contributed by atoms with Gasteiger partial charge in [0.2, 0.25) is 5.91 Å². The van der Waals surface area contributed by atoms with E-state index in [0.29, 0.717) is 6.54 Å². The third-order valence-corrected chi connectivity index (χ3v) is 4.21. The summed E-state index contributed by atoms with van der Waals surface area (Å²) in [5.74, 6) is 1.89. The number of carbonyl (C=O) groups excluding carboxylic acids is 1. The van der Waals surface area contributed by atoms with E-state index >= 15 is 0 Å². The first-order valence-electron chi connectivity index (χ1n) is 4.90.